The Kier molecular flexibility index (Phi) is 6.50. The van der Waals surface area contributed by atoms with Gasteiger partial charge in [0.1, 0.15) is 12.5 Å². The summed E-state index contributed by atoms with van der Waals surface area (Å²) in [4.78, 5) is 0. The average Bonchev–Trinajstić information content (AvgIpc) is 2.35. The molecule has 0 aromatic heterocycles. The Bertz CT molecular complexity index is 513. The molecule has 0 radical (unpaired) electrons. The van der Waals surface area contributed by atoms with Crippen molar-refractivity contribution in [2.24, 2.45) is 0 Å². The molecule has 0 saturated heterocycles. The third-order valence-corrected chi connectivity index (χ3v) is 3.52. The molecule has 0 saturated carbocycles. The topological polar surface area (TPSA) is 0 Å². The Morgan fingerprint density at radius 3 is 2.22 bits per heavy atom. The second kappa shape index (κ2) is 7.64. The van der Waals surface area contributed by atoms with Gasteiger partial charge in [0.25, 0.3) is 0 Å². The molecule has 0 aliphatic heterocycles. The molecule has 0 nitrogen and oxygen atoms in total. The van der Waals surface area contributed by atoms with Gasteiger partial charge in [-0.25, -0.2) is 8.78 Å². The lowest BCUT2D eigenvalue weighted by atomic mass is 10.2. The molecule has 0 heterocycles. The second-order valence-electron chi connectivity index (χ2n) is 3.66. The lowest BCUT2D eigenvalue weighted by molar-refractivity contribution is 0.485. The number of hydrogen-bond donors (Lipinski definition) is 0. The minimum absolute atomic E-state index is 0.201. The molecule has 0 bridgehead atoms. The molecule has 2 rings (SSSR count). The highest BCUT2D eigenvalue weighted by molar-refractivity contribution is 9.10. The van der Waals surface area contributed by atoms with Gasteiger partial charge in [-0.15, -0.1) is 0 Å². The van der Waals surface area contributed by atoms with Crippen LogP contribution in [0, 0.1) is 12.7 Å². The largest absolute Gasteiger partial charge is 0.246 e. The Balaban J connectivity index is 0.000000180. The molecule has 2 aromatic rings. The predicted octanol–water partition coefficient (Wildman–Crippen LogP) is 5.82. The molecule has 96 valence electrons. The fourth-order valence-electron chi connectivity index (χ4n) is 1.19. The molecule has 0 unspecified atom stereocenters. The zero-order valence-corrected chi connectivity index (χ0v) is 12.9. The zero-order chi connectivity index (χ0) is 13.5. The van der Waals surface area contributed by atoms with Gasteiger partial charge in [0.05, 0.1) is 0 Å². The maximum absolute atomic E-state index is 12.3. The number of alkyl halides is 1. The van der Waals surface area contributed by atoms with Gasteiger partial charge in [0, 0.05) is 8.95 Å². The normalized spacial score (nSPS) is 9.61. The Morgan fingerprint density at radius 1 is 1.06 bits per heavy atom. The van der Waals surface area contributed by atoms with Crippen molar-refractivity contribution in [2.75, 3.05) is 0 Å². The number of rotatable bonds is 1. The summed E-state index contributed by atoms with van der Waals surface area (Å²) in [6, 6.07) is 11.8. The highest BCUT2D eigenvalue weighted by Gasteiger charge is 1.93. The van der Waals surface area contributed by atoms with Crippen molar-refractivity contribution in [3.05, 3.63) is 68.4 Å². The van der Waals surface area contributed by atoms with Gasteiger partial charge in [-0.1, -0.05) is 50.1 Å². The molecule has 18 heavy (non-hydrogen) atoms. The van der Waals surface area contributed by atoms with E-state index in [2.05, 4.69) is 31.9 Å². The van der Waals surface area contributed by atoms with Crippen LogP contribution in [0.5, 0.6) is 0 Å². The fraction of sp³-hybridized carbons (Fsp3) is 0.143. The van der Waals surface area contributed by atoms with E-state index >= 15 is 0 Å². The van der Waals surface area contributed by atoms with Crippen molar-refractivity contribution in [1.82, 2.24) is 0 Å². The predicted molar refractivity (Wildman–Crippen MR) is 77.8 cm³/mol. The summed E-state index contributed by atoms with van der Waals surface area (Å²) in [5.74, 6) is -0.201. The molecule has 0 aliphatic carbocycles. The van der Waals surface area contributed by atoms with E-state index in [9.17, 15) is 8.78 Å². The van der Waals surface area contributed by atoms with Crippen LogP contribution in [0.1, 0.15) is 11.1 Å². The Hall–Kier alpha value is -0.740. The first-order valence-corrected chi connectivity index (χ1v) is 6.83. The van der Waals surface area contributed by atoms with E-state index in [-0.39, 0.29) is 12.5 Å². The van der Waals surface area contributed by atoms with Gasteiger partial charge >= 0.3 is 0 Å². The zero-order valence-electron chi connectivity index (χ0n) is 9.76. The summed E-state index contributed by atoms with van der Waals surface area (Å²) in [7, 11) is 0. The van der Waals surface area contributed by atoms with E-state index < -0.39 is 0 Å². The molecule has 2 aromatic carbocycles. The molecule has 0 fully saturated rings. The number of aryl methyl sites for hydroxylation is 1. The molecule has 0 N–H and O–H groups in total. The molecular formula is C14H12Br2F2. The fourth-order valence-corrected chi connectivity index (χ4v) is 1.98. The quantitative estimate of drug-likeness (QED) is 0.587. The van der Waals surface area contributed by atoms with Crippen LogP contribution in [0.15, 0.2) is 51.4 Å². The number of halogens is 4. The van der Waals surface area contributed by atoms with E-state index in [4.69, 9.17) is 0 Å². The van der Waals surface area contributed by atoms with Crippen LogP contribution >= 0.6 is 31.9 Å². The van der Waals surface area contributed by atoms with Crippen LogP contribution in [0.4, 0.5) is 8.78 Å². The Labute approximate surface area is 122 Å². The molecule has 0 atom stereocenters. The van der Waals surface area contributed by atoms with Crippen molar-refractivity contribution in [3.8, 4) is 0 Å². The molecular weight excluding hydrogens is 366 g/mol. The maximum Gasteiger partial charge on any atom is 0.124 e. The van der Waals surface area contributed by atoms with Crippen LogP contribution in [-0.2, 0) is 6.67 Å². The van der Waals surface area contributed by atoms with Crippen molar-refractivity contribution >= 4 is 31.9 Å². The summed E-state index contributed by atoms with van der Waals surface area (Å²) < 4.78 is 26.0. The van der Waals surface area contributed by atoms with Crippen LogP contribution in [0.25, 0.3) is 0 Å². The van der Waals surface area contributed by atoms with Gasteiger partial charge in [0.15, 0.2) is 0 Å². The van der Waals surface area contributed by atoms with E-state index in [1.165, 1.54) is 12.1 Å². The lowest BCUT2D eigenvalue weighted by Crippen LogP contribution is -1.76. The number of benzene rings is 2. The van der Waals surface area contributed by atoms with Gasteiger partial charge in [-0.3, -0.25) is 0 Å². The van der Waals surface area contributed by atoms with Crippen molar-refractivity contribution in [2.45, 2.75) is 13.6 Å². The third kappa shape index (κ3) is 5.27. The minimum atomic E-state index is -0.389. The minimum Gasteiger partial charge on any atom is -0.246 e. The van der Waals surface area contributed by atoms with Gasteiger partial charge in [-0.2, -0.15) is 0 Å². The van der Waals surface area contributed by atoms with Crippen molar-refractivity contribution in [3.63, 3.8) is 0 Å². The summed E-state index contributed by atoms with van der Waals surface area (Å²) >= 11 is 6.44. The van der Waals surface area contributed by atoms with Crippen molar-refractivity contribution < 1.29 is 8.78 Å². The van der Waals surface area contributed by atoms with E-state index in [1.54, 1.807) is 18.2 Å². The summed E-state index contributed by atoms with van der Waals surface area (Å²) in [5.41, 5.74) is 1.76. The SMILES string of the molecule is Cc1ccc(F)cc1Br.FCc1cccc(Br)c1. The smallest absolute Gasteiger partial charge is 0.124 e. The van der Waals surface area contributed by atoms with Gasteiger partial charge in [0.2, 0.25) is 0 Å². The standard InChI is InChI=1S/2C7H6BrF/c1-5-2-3-6(9)4-7(5)8;8-7-3-1-2-6(4-7)5-9/h2-4H,1H3;1-4H,5H2. The first-order chi connectivity index (χ1) is 8.52. The molecule has 0 aliphatic rings. The summed E-state index contributed by atoms with van der Waals surface area (Å²) in [6.45, 7) is 1.53. The lowest BCUT2D eigenvalue weighted by Gasteiger charge is -1.94. The molecule has 0 spiro atoms. The highest BCUT2D eigenvalue weighted by atomic mass is 79.9. The third-order valence-electron chi connectivity index (χ3n) is 2.18. The van der Waals surface area contributed by atoms with E-state index in [0.717, 1.165) is 14.5 Å². The van der Waals surface area contributed by atoms with E-state index in [0.29, 0.717) is 5.56 Å². The second-order valence-corrected chi connectivity index (χ2v) is 5.43. The van der Waals surface area contributed by atoms with E-state index in [1.807, 2.05) is 19.1 Å². The number of hydrogen-bond acceptors (Lipinski definition) is 0. The van der Waals surface area contributed by atoms with Crippen LogP contribution in [-0.4, -0.2) is 0 Å². The molecule has 0 amide bonds. The summed E-state index contributed by atoms with van der Waals surface area (Å²) in [5, 5.41) is 0. The maximum atomic E-state index is 12.3. The van der Waals surface area contributed by atoms with Crippen LogP contribution < -0.4 is 0 Å². The van der Waals surface area contributed by atoms with Crippen molar-refractivity contribution in [1.29, 1.82) is 0 Å². The summed E-state index contributed by atoms with van der Waals surface area (Å²) in [6.07, 6.45) is 0. The van der Waals surface area contributed by atoms with Crippen LogP contribution in [0.2, 0.25) is 0 Å². The highest BCUT2D eigenvalue weighted by Crippen LogP contribution is 2.16. The van der Waals surface area contributed by atoms with Gasteiger partial charge < -0.3 is 0 Å². The monoisotopic (exact) mass is 376 g/mol. The first kappa shape index (κ1) is 15.3. The van der Waals surface area contributed by atoms with Crippen LogP contribution in [0.3, 0.4) is 0 Å². The Morgan fingerprint density at radius 2 is 1.78 bits per heavy atom. The molecule has 4 heteroatoms. The average molecular weight is 378 g/mol. The van der Waals surface area contributed by atoms with Gasteiger partial charge in [-0.05, 0) is 42.3 Å². The first-order valence-electron chi connectivity index (χ1n) is 5.25.